The molecule has 7 nitrogen and oxygen atoms in total. The zero-order chi connectivity index (χ0) is 27.4. The molecule has 0 saturated heterocycles. The Morgan fingerprint density at radius 3 is 2.37 bits per heavy atom. The Bertz CT molecular complexity index is 1530. The van der Waals surface area contributed by atoms with Gasteiger partial charge in [-0.3, -0.25) is 10.1 Å². The summed E-state index contributed by atoms with van der Waals surface area (Å²) in [6, 6.07) is 17.2. The summed E-state index contributed by atoms with van der Waals surface area (Å²) in [5.74, 6) is 0.0122. The molecule has 4 aromatic rings. The van der Waals surface area contributed by atoms with Crippen molar-refractivity contribution in [1.29, 1.82) is 0 Å². The third-order valence-corrected chi connectivity index (χ3v) is 7.22. The van der Waals surface area contributed by atoms with Gasteiger partial charge in [-0.05, 0) is 49.9 Å². The van der Waals surface area contributed by atoms with E-state index in [2.05, 4.69) is 35.7 Å². The van der Waals surface area contributed by atoms with Crippen molar-refractivity contribution in [3.63, 3.8) is 0 Å². The predicted molar refractivity (Wildman–Crippen MR) is 153 cm³/mol. The maximum Gasteiger partial charge on any atom is 0.332 e. The second kappa shape index (κ2) is 11.6. The van der Waals surface area contributed by atoms with Gasteiger partial charge in [0, 0.05) is 58.5 Å². The van der Waals surface area contributed by atoms with Crippen LogP contribution in [-0.2, 0) is 16.2 Å². The van der Waals surface area contributed by atoms with Gasteiger partial charge in [0.15, 0.2) is 0 Å². The van der Waals surface area contributed by atoms with E-state index in [1.807, 2.05) is 44.2 Å². The van der Waals surface area contributed by atoms with Gasteiger partial charge < -0.3 is 9.40 Å². The van der Waals surface area contributed by atoms with Crippen molar-refractivity contribution in [2.24, 2.45) is 11.1 Å². The average molecular weight is 514 g/mol. The largest absolute Gasteiger partial charge is 0.340 e. The van der Waals surface area contributed by atoms with Crippen LogP contribution in [0.15, 0.2) is 59.8 Å². The highest BCUT2D eigenvalue weighted by molar-refractivity contribution is 6.17. The summed E-state index contributed by atoms with van der Waals surface area (Å²) in [5, 5.41) is 17.6. The van der Waals surface area contributed by atoms with Crippen LogP contribution < -0.4 is 0 Å². The molecule has 0 bridgehead atoms. The first-order valence-electron chi connectivity index (χ1n) is 13.3. The predicted octanol–water partition coefficient (Wildman–Crippen LogP) is 7.85. The molecule has 198 valence electrons. The number of nitro groups is 1. The highest BCUT2D eigenvalue weighted by Crippen LogP contribution is 2.34. The van der Waals surface area contributed by atoms with Crippen molar-refractivity contribution >= 4 is 39.2 Å². The van der Waals surface area contributed by atoms with Gasteiger partial charge in [-0.1, -0.05) is 68.1 Å². The van der Waals surface area contributed by atoms with Crippen LogP contribution in [-0.4, -0.2) is 21.2 Å². The van der Waals surface area contributed by atoms with E-state index in [1.165, 1.54) is 13.3 Å². The van der Waals surface area contributed by atoms with E-state index in [9.17, 15) is 14.9 Å². The van der Waals surface area contributed by atoms with Crippen LogP contribution in [0.25, 0.3) is 21.8 Å². The number of nitro benzene ring substituents is 1. The number of oxime groups is 1. The summed E-state index contributed by atoms with van der Waals surface area (Å²) in [7, 11) is 0. The number of unbranched alkanes of at least 4 members (excludes halogenated alkanes) is 1. The quantitative estimate of drug-likeness (QED) is 0.0935. The van der Waals surface area contributed by atoms with Crippen LogP contribution in [0.2, 0.25) is 0 Å². The van der Waals surface area contributed by atoms with Gasteiger partial charge in [-0.15, -0.1) is 0 Å². The van der Waals surface area contributed by atoms with Gasteiger partial charge in [-0.25, -0.2) is 4.79 Å². The fourth-order valence-electron chi connectivity index (χ4n) is 5.17. The molecule has 0 saturated carbocycles. The molecule has 38 heavy (non-hydrogen) atoms. The molecule has 4 rings (SSSR count). The molecule has 3 aromatic carbocycles. The summed E-state index contributed by atoms with van der Waals surface area (Å²) < 4.78 is 2.29. The maximum absolute atomic E-state index is 11.7. The number of aryl methyl sites for hydroxylation is 2. The van der Waals surface area contributed by atoms with Crippen LogP contribution >= 0.6 is 0 Å². The lowest BCUT2D eigenvalue weighted by Gasteiger charge is -2.17. The monoisotopic (exact) mass is 513 g/mol. The summed E-state index contributed by atoms with van der Waals surface area (Å²) in [6.07, 6.45) is 4.54. The lowest BCUT2D eigenvalue weighted by molar-refractivity contribution is -0.384. The molecule has 1 heterocycles. The fraction of sp³-hybridized carbons (Fsp3) is 0.355. The Labute approximate surface area is 223 Å². The lowest BCUT2D eigenvalue weighted by atomic mass is 9.95. The van der Waals surface area contributed by atoms with E-state index in [1.54, 1.807) is 12.1 Å². The molecular weight excluding hydrogens is 478 g/mol. The lowest BCUT2D eigenvalue weighted by Crippen LogP contribution is -2.10. The van der Waals surface area contributed by atoms with Crippen molar-refractivity contribution in [2.75, 3.05) is 0 Å². The van der Waals surface area contributed by atoms with Crippen LogP contribution in [0.4, 0.5) is 5.69 Å². The third kappa shape index (κ3) is 5.62. The Hall–Kier alpha value is -4.00. The third-order valence-electron chi connectivity index (χ3n) is 7.22. The van der Waals surface area contributed by atoms with Crippen LogP contribution in [0.1, 0.15) is 68.7 Å². The molecule has 1 unspecified atom stereocenters. The number of aromatic nitrogens is 1. The Morgan fingerprint density at radius 2 is 1.74 bits per heavy atom. The molecular formula is C31H35N3O4. The Morgan fingerprint density at radius 1 is 1.03 bits per heavy atom. The van der Waals surface area contributed by atoms with E-state index in [4.69, 9.17) is 4.84 Å². The fourth-order valence-corrected chi connectivity index (χ4v) is 5.17. The van der Waals surface area contributed by atoms with E-state index >= 15 is 0 Å². The normalized spacial score (nSPS) is 12.7. The summed E-state index contributed by atoms with van der Waals surface area (Å²) >= 11 is 0. The van der Waals surface area contributed by atoms with E-state index in [-0.39, 0.29) is 10.6 Å². The Kier molecular flexibility index (Phi) is 8.25. The summed E-state index contributed by atoms with van der Waals surface area (Å²) in [6.45, 7) is 10.6. The minimum atomic E-state index is -0.502. The van der Waals surface area contributed by atoms with E-state index in [0.29, 0.717) is 11.6 Å². The van der Waals surface area contributed by atoms with Crippen molar-refractivity contribution < 1.29 is 14.6 Å². The number of carbonyl (C=O) groups is 1. The van der Waals surface area contributed by atoms with Gasteiger partial charge in [0.25, 0.3) is 5.69 Å². The average Bonchev–Trinajstić information content (AvgIpc) is 3.19. The highest BCUT2D eigenvalue weighted by Gasteiger charge is 2.20. The number of fused-ring (bicyclic) bond motifs is 3. The van der Waals surface area contributed by atoms with Gasteiger partial charge in [0.2, 0.25) is 0 Å². The molecule has 0 aliphatic carbocycles. The number of nitrogens with zero attached hydrogens (tertiary/aromatic N) is 3. The molecule has 0 fully saturated rings. The first-order chi connectivity index (χ1) is 18.2. The topological polar surface area (TPSA) is 86.7 Å². The van der Waals surface area contributed by atoms with Crippen molar-refractivity contribution in [1.82, 2.24) is 4.57 Å². The second-order valence-electron chi connectivity index (χ2n) is 10.1. The van der Waals surface area contributed by atoms with Gasteiger partial charge >= 0.3 is 5.97 Å². The Balaban J connectivity index is 1.94. The minimum absolute atomic E-state index is 0.0585. The zero-order valence-electron chi connectivity index (χ0n) is 22.8. The number of hydrogen-bond acceptors (Lipinski definition) is 5. The smallest absolute Gasteiger partial charge is 0.332 e. The highest BCUT2D eigenvalue weighted by atomic mass is 16.7. The van der Waals surface area contributed by atoms with Gasteiger partial charge in [0.1, 0.15) is 5.71 Å². The molecule has 0 aliphatic rings. The number of rotatable bonds is 10. The molecule has 7 heteroatoms. The first kappa shape index (κ1) is 27.0. The maximum atomic E-state index is 11.7. The second-order valence-corrected chi connectivity index (χ2v) is 10.1. The molecule has 1 aromatic heterocycles. The van der Waals surface area contributed by atoms with Crippen LogP contribution in [0, 0.1) is 29.9 Å². The molecule has 0 spiro atoms. The van der Waals surface area contributed by atoms with Gasteiger partial charge in [-0.2, -0.15) is 0 Å². The molecule has 0 radical (unpaired) electrons. The zero-order valence-corrected chi connectivity index (χ0v) is 22.8. The van der Waals surface area contributed by atoms with E-state index in [0.717, 1.165) is 69.9 Å². The molecule has 0 aliphatic heterocycles. The van der Waals surface area contributed by atoms with Crippen molar-refractivity contribution in [3.8, 4) is 0 Å². The minimum Gasteiger partial charge on any atom is -0.340 e. The molecule has 1 atom stereocenters. The summed E-state index contributed by atoms with van der Waals surface area (Å²) in [4.78, 5) is 28.0. The molecule has 0 N–H and O–H groups in total. The SMILES string of the molecule is CCCCC(CC)Cn1c2ccc(/C(=N\OC(C)=O)c3ccc(C)cc3C)cc2c2cc([N+](=O)[O-])ccc21. The van der Waals surface area contributed by atoms with Crippen LogP contribution in [0.5, 0.6) is 0 Å². The standard InChI is InChI=1S/C31H35N3O4/c1-6-8-9-23(7-2)19-33-29-14-11-24(17-27(29)28-18-25(34(36)37)12-15-30(28)33)31(32-38-22(5)35)26-13-10-20(3)16-21(26)4/h10-18,23H,6-9,19H2,1-5H3/b32-31+. The van der Waals surface area contributed by atoms with Crippen molar-refractivity contribution in [2.45, 2.75) is 66.8 Å². The number of non-ortho nitro benzene ring substituents is 1. The number of hydrogen-bond donors (Lipinski definition) is 0. The number of benzene rings is 3. The van der Waals surface area contributed by atoms with E-state index < -0.39 is 5.97 Å². The van der Waals surface area contributed by atoms with Crippen LogP contribution in [0.3, 0.4) is 0 Å². The van der Waals surface area contributed by atoms with Crippen molar-refractivity contribution in [3.05, 3.63) is 87.0 Å². The number of carbonyl (C=O) groups excluding carboxylic acids is 1. The first-order valence-corrected chi connectivity index (χ1v) is 13.3. The summed E-state index contributed by atoms with van der Waals surface area (Å²) in [5.41, 5.74) is 6.36. The molecule has 0 amide bonds. The van der Waals surface area contributed by atoms with Gasteiger partial charge in [0.05, 0.1) is 4.92 Å².